The van der Waals surface area contributed by atoms with Crippen molar-refractivity contribution >= 4 is 21.4 Å². The summed E-state index contributed by atoms with van der Waals surface area (Å²) in [6.07, 6.45) is 0.801. The van der Waals surface area contributed by atoms with Crippen molar-refractivity contribution in [2.45, 2.75) is 31.2 Å². The lowest BCUT2D eigenvalue weighted by atomic mass is 10.0. The van der Waals surface area contributed by atoms with E-state index in [0.717, 1.165) is 25.6 Å². The van der Waals surface area contributed by atoms with Crippen LogP contribution in [0.25, 0.3) is 0 Å². The maximum atomic E-state index is 12.0. The zero-order chi connectivity index (χ0) is 21.4. The standard InChI is InChI=1S/C20H28N4O4S/c1-4-23(5-2)17(13-16-9-7-6-8-10-16)15-22-19-12-11-18(29(27,28)21-3)14-20(19)24(25)26/h6-12,14,17,21-22H,4-5,13,15H2,1-3H3/t17-/m0/s1. The molecule has 0 bridgehead atoms. The number of hydrogen-bond donors (Lipinski definition) is 2. The highest BCUT2D eigenvalue weighted by Gasteiger charge is 2.22. The molecule has 158 valence electrons. The molecule has 0 spiro atoms. The quantitative estimate of drug-likeness (QED) is 0.428. The van der Waals surface area contributed by atoms with Crippen molar-refractivity contribution in [3.63, 3.8) is 0 Å². The van der Waals surface area contributed by atoms with E-state index < -0.39 is 14.9 Å². The summed E-state index contributed by atoms with van der Waals surface area (Å²) in [5.41, 5.74) is 1.23. The Hall–Kier alpha value is -2.49. The molecule has 29 heavy (non-hydrogen) atoms. The molecule has 0 aromatic heterocycles. The number of hydrogen-bond acceptors (Lipinski definition) is 6. The fourth-order valence-electron chi connectivity index (χ4n) is 3.28. The Bertz CT molecular complexity index is 915. The number of anilines is 1. The van der Waals surface area contributed by atoms with Crippen molar-refractivity contribution in [1.82, 2.24) is 9.62 Å². The molecular weight excluding hydrogens is 392 g/mol. The number of benzene rings is 2. The Labute approximate surface area is 172 Å². The second-order valence-electron chi connectivity index (χ2n) is 6.59. The van der Waals surface area contributed by atoms with E-state index in [1.807, 2.05) is 18.2 Å². The van der Waals surface area contributed by atoms with Crippen molar-refractivity contribution in [2.75, 3.05) is 32.0 Å². The van der Waals surface area contributed by atoms with E-state index in [1.54, 1.807) is 0 Å². The molecule has 2 aromatic rings. The Morgan fingerprint density at radius 1 is 1.10 bits per heavy atom. The summed E-state index contributed by atoms with van der Waals surface area (Å²) in [5, 5.41) is 14.7. The first kappa shape index (κ1) is 22.8. The minimum absolute atomic E-state index is 0.132. The zero-order valence-corrected chi connectivity index (χ0v) is 17.8. The number of sulfonamides is 1. The van der Waals surface area contributed by atoms with Gasteiger partial charge in [-0.3, -0.25) is 15.0 Å². The number of rotatable bonds is 11. The van der Waals surface area contributed by atoms with Gasteiger partial charge >= 0.3 is 0 Å². The second-order valence-corrected chi connectivity index (χ2v) is 8.48. The number of likely N-dealkylation sites (N-methyl/N-ethyl adjacent to an activating group) is 1. The average Bonchev–Trinajstić information content (AvgIpc) is 2.73. The largest absolute Gasteiger partial charge is 0.378 e. The summed E-state index contributed by atoms with van der Waals surface area (Å²) < 4.78 is 26.1. The molecular formula is C20H28N4O4S. The van der Waals surface area contributed by atoms with Crippen molar-refractivity contribution in [1.29, 1.82) is 0 Å². The summed E-state index contributed by atoms with van der Waals surface area (Å²) in [4.78, 5) is 13.1. The normalized spacial score (nSPS) is 12.7. The predicted molar refractivity (Wildman–Crippen MR) is 115 cm³/mol. The van der Waals surface area contributed by atoms with Gasteiger partial charge in [0, 0.05) is 18.7 Å². The molecule has 0 fully saturated rings. The zero-order valence-electron chi connectivity index (χ0n) is 17.0. The lowest BCUT2D eigenvalue weighted by molar-refractivity contribution is -0.384. The van der Waals surface area contributed by atoms with Gasteiger partial charge in [-0.15, -0.1) is 0 Å². The minimum atomic E-state index is -3.75. The SMILES string of the molecule is CCN(CC)[C@H](CNc1ccc(S(=O)(=O)NC)cc1[N+](=O)[O-])Cc1ccccc1. The molecule has 2 N–H and O–H groups in total. The topological polar surface area (TPSA) is 105 Å². The first-order valence-electron chi connectivity index (χ1n) is 9.56. The molecule has 2 rings (SSSR count). The Morgan fingerprint density at radius 2 is 1.76 bits per heavy atom. The van der Waals surface area contributed by atoms with Crippen LogP contribution in [0, 0.1) is 10.1 Å². The van der Waals surface area contributed by atoms with Crippen LogP contribution in [0.3, 0.4) is 0 Å². The molecule has 0 saturated heterocycles. The third-order valence-corrected chi connectivity index (χ3v) is 6.33. The van der Waals surface area contributed by atoms with Crippen LogP contribution in [-0.4, -0.2) is 51.0 Å². The van der Waals surface area contributed by atoms with Gasteiger partial charge in [0.15, 0.2) is 0 Å². The van der Waals surface area contributed by atoms with Crippen molar-refractivity contribution in [3.8, 4) is 0 Å². The summed E-state index contributed by atoms with van der Waals surface area (Å²) in [7, 11) is -2.49. The Morgan fingerprint density at radius 3 is 2.31 bits per heavy atom. The van der Waals surface area contributed by atoms with Crippen LogP contribution in [0.2, 0.25) is 0 Å². The van der Waals surface area contributed by atoms with E-state index in [4.69, 9.17) is 0 Å². The minimum Gasteiger partial charge on any atom is -0.378 e. The molecule has 0 radical (unpaired) electrons. The van der Waals surface area contributed by atoms with E-state index in [2.05, 4.69) is 40.9 Å². The predicted octanol–water partition coefficient (Wildman–Crippen LogP) is 2.87. The molecule has 9 heteroatoms. The monoisotopic (exact) mass is 420 g/mol. The second kappa shape index (κ2) is 10.3. The van der Waals surface area contributed by atoms with Gasteiger partial charge in [0.05, 0.1) is 9.82 Å². The van der Waals surface area contributed by atoms with E-state index in [0.29, 0.717) is 12.2 Å². The number of nitrogens with zero attached hydrogens (tertiary/aromatic N) is 2. The molecule has 8 nitrogen and oxygen atoms in total. The first-order chi connectivity index (χ1) is 13.8. The maximum Gasteiger partial charge on any atom is 0.293 e. The highest BCUT2D eigenvalue weighted by molar-refractivity contribution is 7.89. The molecule has 0 aliphatic heterocycles. The van der Waals surface area contributed by atoms with Crippen molar-refractivity contribution in [3.05, 3.63) is 64.2 Å². The van der Waals surface area contributed by atoms with E-state index in [9.17, 15) is 18.5 Å². The lowest BCUT2D eigenvalue weighted by Gasteiger charge is -2.30. The summed E-state index contributed by atoms with van der Waals surface area (Å²) in [6, 6.07) is 14.1. The Kier molecular flexibility index (Phi) is 8.12. The summed E-state index contributed by atoms with van der Waals surface area (Å²) >= 11 is 0. The fraction of sp³-hybridized carbons (Fsp3) is 0.400. The van der Waals surface area contributed by atoms with Crippen LogP contribution in [0.5, 0.6) is 0 Å². The number of nitrogens with one attached hydrogen (secondary N) is 2. The molecule has 0 aliphatic carbocycles. The highest BCUT2D eigenvalue weighted by Crippen LogP contribution is 2.27. The van der Waals surface area contributed by atoms with Gasteiger partial charge in [-0.25, -0.2) is 13.1 Å². The van der Waals surface area contributed by atoms with Crippen LogP contribution in [-0.2, 0) is 16.4 Å². The van der Waals surface area contributed by atoms with Crippen LogP contribution in [0.1, 0.15) is 19.4 Å². The van der Waals surface area contributed by atoms with Gasteiger partial charge < -0.3 is 5.32 Å². The molecule has 1 atom stereocenters. The van der Waals surface area contributed by atoms with E-state index in [-0.39, 0.29) is 16.6 Å². The molecule has 0 saturated carbocycles. The van der Waals surface area contributed by atoms with Crippen molar-refractivity contribution in [2.24, 2.45) is 0 Å². The van der Waals surface area contributed by atoms with Gasteiger partial charge in [-0.1, -0.05) is 44.2 Å². The van der Waals surface area contributed by atoms with Gasteiger partial charge in [0.2, 0.25) is 10.0 Å². The van der Waals surface area contributed by atoms with E-state index >= 15 is 0 Å². The van der Waals surface area contributed by atoms with Crippen LogP contribution >= 0.6 is 0 Å². The number of nitro benzene ring substituents is 1. The third-order valence-electron chi connectivity index (χ3n) is 4.92. The molecule has 0 heterocycles. The summed E-state index contributed by atoms with van der Waals surface area (Å²) in [6.45, 7) is 6.38. The average molecular weight is 421 g/mol. The molecule has 0 unspecified atom stereocenters. The summed E-state index contributed by atoms with van der Waals surface area (Å²) in [5.74, 6) is 0. The third kappa shape index (κ3) is 5.99. The van der Waals surface area contributed by atoms with Crippen LogP contribution in [0.4, 0.5) is 11.4 Å². The fourth-order valence-corrected chi connectivity index (χ4v) is 4.03. The Balaban J connectivity index is 2.26. The van der Waals surface area contributed by atoms with Crippen LogP contribution in [0.15, 0.2) is 53.4 Å². The van der Waals surface area contributed by atoms with Gasteiger partial charge in [-0.05, 0) is 44.3 Å². The first-order valence-corrected chi connectivity index (χ1v) is 11.0. The van der Waals surface area contributed by atoms with E-state index in [1.165, 1.54) is 24.7 Å². The molecule has 0 amide bonds. The lowest BCUT2D eigenvalue weighted by Crippen LogP contribution is -2.41. The maximum absolute atomic E-state index is 12.0. The number of nitro groups is 1. The molecule has 2 aromatic carbocycles. The van der Waals surface area contributed by atoms with Gasteiger partial charge in [-0.2, -0.15) is 0 Å². The van der Waals surface area contributed by atoms with Crippen LogP contribution < -0.4 is 10.0 Å². The molecule has 0 aliphatic rings. The smallest absolute Gasteiger partial charge is 0.293 e. The highest BCUT2D eigenvalue weighted by atomic mass is 32.2. The van der Waals surface area contributed by atoms with Gasteiger partial charge in [0.25, 0.3) is 5.69 Å². The van der Waals surface area contributed by atoms with Gasteiger partial charge in [0.1, 0.15) is 5.69 Å². The van der Waals surface area contributed by atoms with Crippen molar-refractivity contribution < 1.29 is 13.3 Å².